The van der Waals surface area contributed by atoms with E-state index in [4.69, 9.17) is 0 Å². The molecule has 0 radical (unpaired) electrons. The van der Waals surface area contributed by atoms with Crippen molar-refractivity contribution < 1.29 is 0 Å². The monoisotopic (exact) mass is 180 g/mol. The zero-order chi connectivity index (χ0) is 10.1. The summed E-state index contributed by atoms with van der Waals surface area (Å²) in [7, 11) is 0. The molecule has 0 saturated carbocycles. The molecular formula is C13H24. The number of rotatable bonds is 7. The lowest BCUT2D eigenvalue weighted by atomic mass is 9.99. The molecule has 76 valence electrons. The van der Waals surface area contributed by atoms with Crippen LogP contribution in [0.5, 0.6) is 0 Å². The highest BCUT2D eigenvalue weighted by atomic mass is 14.0. The first-order valence-electron chi connectivity index (χ1n) is 5.47. The van der Waals surface area contributed by atoms with E-state index in [1.54, 1.807) is 5.57 Å². The zero-order valence-corrected chi connectivity index (χ0v) is 9.47. The Bertz CT molecular complexity index is 153. The fourth-order valence-corrected chi connectivity index (χ4v) is 1.23. The standard InChI is InChI=1S/C13H24/c1-5-7-8-9-13(4)11-10-12(3)6-2/h5,9,12H,1,6-8,10-11H2,2-4H3. The molecule has 0 aliphatic rings. The first-order valence-corrected chi connectivity index (χ1v) is 5.47. The Morgan fingerprint density at radius 2 is 2.08 bits per heavy atom. The van der Waals surface area contributed by atoms with Gasteiger partial charge in [0.05, 0.1) is 0 Å². The average molecular weight is 180 g/mol. The first-order chi connectivity index (χ1) is 6.20. The first kappa shape index (κ1) is 12.5. The molecule has 0 aromatic heterocycles. The molecule has 0 aliphatic carbocycles. The van der Waals surface area contributed by atoms with Gasteiger partial charge < -0.3 is 0 Å². The minimum absolute atomic E-state index is 0.878. The molecule has 13 heavy (non-hydrogen) atoms. The molecule has 1 unspecified atom stereocenters. The van der Waals surface area contributed by atoms with Crippen LogP contribution in [0.15, 0.2) is 24.3 Å². The molecule has 0 heterocycles. The SMILES string of the molecule is C=CCCC=C(C)CCC(C)CC. The Morgan fingerprint density at radius 3 is 2.62 bits per heavy atom. The minimum Gasteiger partial charge on any atom is -0.103 e. The molecule has 0 aromatic rings. The molecule has 0 aliphatic heterocycles. The molecule has 0 saturated heterocycles. The number of hydrogen-bond acceptors (Lipinski definition) is 0. The molecule has 0 heteroatoms. The zero-order valence-electron chi connectivity index (χ0n) is 9.47. The van der Waals surface area contributed by atoms with Crippen LogP contribution in [0, 0.1) is 5.92 Å². The van der Waals surface area contributed by atoms with Crippen LogP contribution in [0.1, 0.15) is 52.9 Å². The topological polar surface area (TPSA) is 0 Å². The Balaban J connectivity index is 3.53. The van der Waals surface area contributed by atoms with Gasteiger partial charge in [0.2, 0.25) is 0 Å². The lowest BCUT2D eigenvalue weighted by Crippen LogP contribution is -1.92. The van der Waals surface area contributed by atoms with Crippen molar-refractivity contribution in [2.24, 2.45) is 5.92 Å². The molecule has 0 nitrogen and oxygen atoms in total. The van der Waals surface area contributed by atoms with Crippen LogP contribution in [-0.2, 0) is 0 Å². The normalized spacial score (nSPS) is 14.2. The van der Waals surface area contributed by atoms with Gasteiger partial charge in [-0.15, -0.1) is 6.58 Å². The highest BCUT2D eigenvalue weighted by Gasteiger charge is 1.98. The van der Waals surface area contributed by atoms with Gasteiger partial charge in [-0.1, -0.05) is 38.0 Å². The van der Waals surface area contributed by atoms with Crippen LogP contribution in [0.2, 0.25) is 0 Å². The summed E-state index contributed by atoms with van der Waals surface area (Å²) in [6.07, 6.45) is 10.5. The van der Waals surface area contributed by atoms with E-state index in [2.05, 4.69) is 33.4 Å². The second kappa shape index (κ2) is 8.10. The summed E-state index contributed by atoms with van der Waals surface area (Å²) in [6, 6.07) is 0. The van der Waals surface area contributed by atoms with Gasteiger partial charge in [0.15, 0.2) is 0 Å². The molecule has 0 amide bonds. The van der Waals surface area contributed by atoms with E-state index in [0.29, 0.717) is 0 Å². The second-order valence-electron chi connectivity index (χ2n) is 3.97. The molecule has 0 N–H and O–H groups in total. The quantitative estimate of drug-likeness (QED) is 0.392. The Kier molecular flexibility index (Phi) is 7.77. The number of unbranched alkanes of at least 4 members (excludes halogenated alkanes) is 1. The summed E-state index contributed by atoms with van der Waals surface area (Å²) in [5, 5.41) is 0. The minimum atomic E-state index is 0.878. The Morgan fingerprint density at radius 1 is 1.38 bits per heavy atom. The largest absolute Gasteiger partial charge is 0.103 e. The van der Waals surface area contributed by atoms with Gasteiger partial charge in [-0.3, -0.25) is 0 Å². The summed E-state index contributed by atoms with van der Waals surface area (Å²) < 4.78 is 0. The third-order valence-corrected chi connectivity index (χ3v) is 2.59. The van der Waals surface area contributed by atoms with Gasteiger partial charge in [0.1, 0.15) is 0 Å². The third kappa shape index (κ3) is 7.83. The van der Waals surface area contributed by atoms with Crippen LogP contribution < -0.4 is 0 Å². The van der Waals surface area contributed by atoms with Crippen LogP contribution >= 0.6 is 0 Å². The van der Waals surface area contributed by atoms with Crippen LogP contribution in [-0.4, -0.2) is 0 Å². The Hall–Kier alpha value is -0.520. The van der Waals surface area contributed by atoms with Gasteiger partial charge in [-0.25, -0.2) is 0 Å². The summed E-state index contributed by atoms with van der Waals surface area (Å²) in [6.45, 7) is 10.6. The van der Waals surface area contributed by atoms with Crippen molar-refractivity contribution in [2.45, 2.75) is 52.9 Å². The molecule has 0 bridgehead atoms. The molecule has 1 atom stereocenters. The van der Waals surface area contributed by atoms with Crippen molar-refractivity contribution in [2.75, 3.05) is 0 Å². The van der Waals surface area contributed by atoms with E-state index >= 15 is 0 Å². The highest BCUT2D eigenvalue weighted by molar-refractivity contribution is 4.98. The number of allylic oxidation sites excluding steroid dienone is 3. The maximum atomic E-state index is 3.72. The van der Waals surface area contributed by atoms with E-state index in [-0.39, 0.29) is 0 Å². The van der Waals surface area contributed by atoms with E-state index in [1.807, 2.05) is 6.08 Å². The van der Waals surface area contributed by atoms with Crippen molar-refractivity contribution in [1.29, 1.82) is 0 Å². The summed E-state index contributed by atoms with van der Waals surface area (Å²) in [5.41, 5.74) is 1.54. The van der Waals surface area contributed by atoms with Crippen molar-refractivity contribution >= 4 is 0 Å². The number of hydrogen-bond donors (Lipinski definition) is 0. The molecule has 0 rings (SSSR count). The predicted octanol–water partition coefficient (Wildman–Crippen LogP) is 4.73. The fraction of sp³-hybridized carbons (Fsp3) is 0.692. The van der Waals surface area contributed by atoms with Crippen LogP contribution in [0.4, 0.5) is 0 Å². The van der Waals surface area contributed by atoms with Crippen molar-refractivity contribution in [3.05, 3.63) is 24.3 Å². The van der Waals surface area contributed by atoms with Crippen LogP contribution in [0.3, 0.4) is 0 Å². The van der Waals surface area contributed by atoms with E-state index < -0.39 is 0 Å². The van der Waals surface area contributed by atoms with Gasteiger partial charge in [0.25, 0.3) is 0 Å². The second-order valence-corrected chi connectivity index (χ2v) is 3.97. The third-order valence-electron chi connectivity index (χ3n) is 2.59. The van der Waals surface area contributed by atoms with Gasteiger partial charge in [0, 0.05) is 0 Å². The lowest BCUT2D eigenvalue weighted by Gasteiger charge is -2.07. The molecule has 0 fully saturated rings. The van der Waals surface area contributed by atoms with Gasteiger partial charge in [-0.05, 0) is 38.5 Å². The Labute approximate surface area is 83.7 Å². The maximum absolute atomic E-state index is 3.72. The average Bonchev–Trinajstić information content (AvgIpc) is 2.14. The highest BCUT2D eigenvalue weighted by Crippen LogP contribution is 2.14. The molecule has 0 spiro atoms. The summed E-state index contributed by atoms with van der Waals surface area (Å²) >= 11 is 0. The van der Waals surface area contributed by atoms with Gasteiger partial charge >= 0.3 is 0 Å². The van der Waals surface area contributed by atoms with Crippen molar-refractivity contribution in [1.82, 2.24) is 0 Å². The predicted molar refractivity (Wildman–Crippen MR) is 61.9 cm³/mol. The molecular weight excluding hydrogens is 156 g/mol. The van der Waals surface area contributed by atoms with E-state index in [1.165, 1.54) is 19.3 Å². The maximum Gasteiger partial charge on any atom is -0.0314 e. The summed E-state index contributed by atoms with van der Waals surface area (Å²) in [4.78, 5) is 0. The fourth-order valence-electron chi connectivity index (χ4n) is 1.23. The lowest BCUT2D eigenvalue weighted by molar-refractivity contribution is 0.515. The van der Waals surface area contributed by atoms with Crippen molar-refractivity contribution in [3.8, 4) is 0 Å². The van der Waals surface area contributed by atoms with Crippen LogP contribution in [0.25, 0.3) is 0 Å². The summed E-state index contributed by atoms with van der Waals surface area (Å²) in [5.74, 6) is 0.878. The molecule has 0 aromatic carbocycles. The van der Waals surface area contributed by atoms with E-state index in [9.17, 15) is 0 Å². The smallest absolute Gasteiger partial charge is 0.0314 e. The van der Waals surface area contributed by atoms with Crippen molar-refractivity contribution in [3.63, 3.8) is 0 Å². The van der Waals surface area contributed by atoms with E-state index in [0.717, 1.165) is 18.8 Å². The van der Waals surface area contributed by atoms with Gasteiger partial charge in [-0.2, -0.15) is 0 Å².